The van der Waals surface area contributed by atoms with Gasteiger partial charge in [0, 0.05) is 13.0 Å². The van der Waals surface area contributed by atoms with Gasteiger partial charge >= 0.3 is 12.2 Å². The van der Waals surface area contributed by atoms with E-state index in [-0.39, 0.29) is 31.2 Å². The monoisotopic (exact) mass is 598 g/mol. The third-order valence-electron chi connectivity index (χ3n) is 5.30. The largest absolute Gasteiger partial charge is 0.444 e. The normalized spacial score (nSPS) is 13.2. The Morgan fingerprint density at radius 2 is 1.33 bits per heavy atom. The number of unbranched alkanes of at least 4 members (excludes halogenated alkanes) is 3. The summed E-state index contributed by atoms with van der Waals surface area (Å²) < 4.78 is 10.5. The van der Waals surface area contributed by atoms with Crippen LogP contribution in [0.5, 0.6) is 0 Å². The highest BCUT2D eigenvalue weighted by Crippen LogP contribution is 2.09. The van der Waals surface area contributed by atoms with E-state index in [1.165, 1.54) is 0 Å². The SMILES string of the molecule is CC(C)/C=C/C(NC(=O)OC(C)(C)C)C(=O)NCCCC[C@@H](NC(=O)OC(C)(C)C)C(=O)NNC(=O)CCCCCN. The van der Waals surface area contributed by atoms with Crippen LogP contribution in [0.1, 0.15) is 100 Å². The van der Waals surface area contributed by atoms with E-state index in [0.717, 1.165) is 12.8 Å². The van der Waals surface area contributed by atoms with Crippen LogP contribution in [-0.4, -0.2) is 66.3 Å². The fourth-order valence-electron chi connectivity index (χ4n) is 3.37. The van der Waals surface area contributed by atoms with Gasteiger partial charge in [0.2, 0.25) is 11.8 Å². The van der Waals surface area contributed by atoms with Gasteiger partial charge in [0.1, 0.15) is 23.3 Å². The minimum absolute atomic E-state index is 0.169. The molecule has 0 aliphatic rings. The van der Waals surface area contributed by atoms with Crippen LogP contribution in [0.3, 0.4) is 0 Å². The molecule has 2 atom stereocenters. The van der Waals surface area contributed by atoms with Gasteiger partial charge in [0.15, 0.2) is 0 Å². The highest BCUT2D eigenvalue weighted by atomic mass is 16.6. The number of hydrogen-bond donors (Lipinski definition) is 6. The van der Waals surface area contributed by atoms with Gasteiger partial charge in [-0.25, -0.2) is 9.59 Å². The van der Waals surface area contributed by atoms with Crippen LogP contribution in [0.2, 0.25) is 0 Å². The number of carbonyl (C=O) groups excluding carboxylic acids is 5. The zero-order valence-electron chi connectivity index (χ0n) is 26.7. The second-order valence-electron chi connectivity index (χ2n) is 12.4. The summed E-state index contributed by atoms with van der Waals surface area (Å²) in [6.07, 6.45) is 5.61. The molecule has 0 bridgehead atoms. The van der Waals surface area contributed by atoms with E-state index >= 15 is 0 Å². The summed E-state index contributed by atoms with van der Waals surface area (Å²) in [5.41, 5.74) is 8.71. The molecule has 42 heavy (non-hydrogen) atoms. The molecule has 0 rings (SSSR count). The minimum Gasteiger partial charge on any atom is -0.444 e. The molecule has 0 aromatic rings. The Hall–Kier alpha value is -3.35. The van der Waals surface area contributed by atoms with Crippen LogP contribution < -0.4 is 32.5 Å². The van der Waals surface area contributed by atoms with Crippen molar-refractivity contribution < 1.29 is 33.4 Å². The van der Waals surface area contributed by atoms with Crippen molar-refractivity contribution in [2.75, 3.05) is 13.1 Å². The molecule has 5 amide bonds. The Kier molecular flexibility index (Phi) is 18.1. The van der Waals surface area contributed by atoms with Crippen LogP contribution in [-0.2, 0) is 23.9 Å². The third-order valence-corrected chi connectivity index (χ3v) is 5.30. The lowest BCUT2D eigenvalue weighted by Crippen LogP contribution is -2.53. The van der Waals surface area contributed by atoms with Gasteiger partial charge in [0.25, 0.3) is 5.91 Å². The Morgan fingerprint density at radius 3 is 1.88 bits per heavy atom. The van der Waals surface area contributed by atoms with Gasteiger partial charge in [-0.3, -0.25) is 25.2 Å². The quantitative estimate of drug-likeness (QED) is 0.0888. The highest BCUT2D eigenvalue weighted by Gasteiger charge is 2.25. The van der Waals surface area contributed by atoms with Crippen molar-refractivity contribution in [2.45, 2.75) is 124 Å². The number of rotatable bonds is 16. The minimum atomic E-state index is -0.983. The van der Waals surface area contributed by atoms with E-state index in [0.29, 0.717) is 25.8 Å². The first-order valence-electron chi connectivity index (χ1n) is 14.7. The fourth-order valence-corrected chi connectivity index (χ4v) is 3.37. The molecule has 0 saturated heterocycles. The number of hydrazine groups is 1. The standard InChI is InChI=1S/C29H54N6O7/c1-20(2)16-17-22(33-27(40)42-29(6,7)8)24(37)31-19-13-11-14-21(32-26(39)41-28(3,4)5)25(38)35-34-23(36)15-10-9-12-18-30/h16-17,20-22H,9-15,18-19,30H2,1-8H3,(H,31,37)(H,32,39)(H,33,40)(H,34,36)(H,35,38)/b17-16+/t21-,22?/m1/s1. The lowest BCUT2D eigenvalue weighted by molar-refractivity contribution is -0.130. The van der Waals surface area contributed by atoms with Crippen molar-refractivity contribution in [3.05, 3.63) is 12.2 Å². The van der Waals surface area contributed by atoms with Crippen molar-refractivity contribution in [3.8, 4) is 0 Å². The predicted molar refractivity (Wildman–Crippen MR) is 161 cm³/mol. The molecule has 0 radical (unpaired) electrons. The zero-order valence-corrected chi connectivity index (χ0v) is 26.7. The van der Waals surface area contributed by atoms with Gasteiger partial charge in [-0.05, 0) is 86.1 Å². The first-order valence-corrected chi connectivity index (χ1v) is 14.7. The van der Waals surface area contributed by atoms with E-state index in [4.69, 9.17) is 15.2 Å². The predicted octanol–water partition coefficient (Wildman–Crippen LogP) is 2.94. The number of hydrogen-bond acceptors (Lipinski definition) is 8. The zero-order chi connectivity index (χ0) is 32.3. The van der Waals surface area contributed by atoms with E-state index < -0.39 is 47.3 Å². The smallest absolute Gasteiger partial charge is 0.408 e. The first-order chi connectivity index (χ1) is 19.4. The molecular weight excluding hydrogens is 544 g/mol. The maximum absolute atomic E-state index is 12.8. The lowest BCUT2D eigenvalue weighted by Gasteiger charge is -2.23. The molecule has 0 aliphatic carbocycles. The summed E-state index contributed by atoms with van der Waals surface area (Å²) in [7, 11) is 0. The number of alkyl carbamates (subject to hydrolysis) is 2. The summed E-state index contributed by atoms with van der Waals surface area (Å²) in [5, 5.41) is 7.90. The number of allylic oxidation sites excluding steroid dienone is 1. The van der Waals surface area contributed by atoms with Crippen molar-refractivity contribution in [1.82, 2.24) is 26.8 Å². The summed E-state index contributed by atoms with van der Waals surface area (Å²) in [5.74, 6) is -1.18. The molecule has 13 nitrogen and oxygen atoms in total. The highest BCUT2D eigenvalue weighted by molar-refractivity contribution is 5.88. The Morgan fingerprint density at radius 1 is 0.738 bits per heavy atom. The summed E-state index contributed by atoms with van der Waals surface area (Å²) >= 11 is 0. The molecule has 0 aromatic heterocycles. The summed E-state index contributed by atoms with van der Waals surface area (Å²) in [4.78, 5) is 62.1. The van der Waals surface area contributed by atoms with Gasteiger partial charge < -0.3 is 31.2 Å². The van der Waals surface area contributed by atoms with Gasteiger partial charge in [0.05, 0.1) is 0 Å². The topological polar surface area (TPSA) is 190 Å². The van der Waals surface area contributed by atoms with Crippen molar-refractivity contribution >= 4 is 29.9 Å². The van der Waals surface area contributed by atoms with Crippen LogP contribution in [0.4, 0.5) is 9.59 Å². The van der Waals surface area contributed by atoms with Crippen LogP contribution in [0.25, 0.3) is 0 Å². The molecule has 0 saturated carbocycles. The molecule has 0 heterocycles. The number of amides is 5. The Labute approximate surface area is 250 Å². The molecule has 0 spiro atoms. The molecule has 13 heteroatoms. The Bertz CT molecular complexity index is 894. The van der Waals surface area contributed by atoms with Crippen LogP contribution >= 0.6 is 0 Å². The fraction of sp³-hybridized carbons (Fsp3) is 0.759. The van der Waals surface area contributed by atoms with Crippen molar-refractivity contribution in [1.29, 1.82) is 0 Å². The summed E-state index contributed by atoms with van der Waals surface area (Å²) in [6.45, 7) is 15.0. The third kappa shape index (κ3) is 21.4. The summed E-state index contributed by atoms with van der Waals surface area (Å²) in [6, 6.07) is -1.91. The average Bonchev–Trinajstić information content (AvgIpc) is 2.84. The molecule has 0 aliphatic heterocycles. The van der Waals surface area contributed by atoms with E-state index in [1.807, 2.05) is 19.9 Å². The van der Waals surface area contributed by atoms with E-state index in [1.54, 1.807) is 47.6 Å². The average molecular weight is 599 g/mol. The Balaban J connectivity index is 5.02. The second kappa shape index (κ2) is 19.7. The maximum atomic E-state index is 12.8. The van der Waals surface area contributed by atoms with Crippen LogP contribution in [0, 0.1) is 5.92 Å². The molecule has 0 aromatic carbocycles. The number of ether oxygens (including phenoxy) is 2. The van der Waals surface area contributed by atoms with E-state index in [9.17, 15) is 24.0 Å². The number of carbonyl (C=O) groups is 5. The second-order valence-corrected chi connectivity index (χ2v) is 12.4. The van der Waals surface area contributed by atoms with Crippen molar-refractivity contribution in [2.24, 2.45) is 11.7 Å². The van der Waals surface area contributed by atoms with Gasteiger partial charge in [-0.15, -0.1) is 0 Å². The van der Waals surface area contributed by atoms with Gasteiger partial charge in [-0.1, -0.05) is 32.4 Å². The number of nitrogens with two attached hydrogens (primary N) is 1. The lowest BCUT2D eigenvalue weighted by atomic mass is 10.1. The van der Waals surface area contributed by atoms with Crippen LogP contribution in [0.15, 0.2) is 12.2 Å². The molecule has 0 fully saturated rings. The van der Waals surface area contributed by atoms with Gasteiger partial charge in [-0.2, -0.15) is 0 Å². The molecular formula is C29H54N6O7. The van der Waals surface area contributed by atoms with E-state index in [2.05, 4.69) is 26.8 Å². The number of nitrogens with one attached hydrogen (secondary N) is 5. The first kappa shape index (κ1) is 38.6. The molecule has 7 N–H and O–H groups in total. The molecule has 242 valence electrons. The van der Waals surface area contributed by atoms with Crippen molar-refractivity contribution in [3.63, 3.8) is 0 Å². The molecule has 1 unspecified atom stereocenters. The maximum Gasteiger partial charge on any atom is 0.408 e.